The Morgan fingerprint density at radius 2 is 2.12 bits per heavy atom. The lowest BCUT2D eigenvalue weighted by atomic mass is 10.2. The van der Waals surface area contributed by atoms with E-state index in [-0.39, 0.29) is 11.9 Å². The fourth-order valence-corrected chi connectivity index (χ4v) is 3.11. The third-order valence-electron chi connectivity index (χ3n) is 4.24. The van der Waals surface area contributed by atoms with Crippen molar-refractivity contribution in [3.63, 3.8) is 0 Å². The second-order valence-corrected chi connectivity index (χ2v) is 7.06. The Kier molecular flexibility index (Phi) is 7.65. The molecule has 1 heterocycles. The van der Waals surface area contributed by atoms with E-state index in [4.69, 9.17) is 4.74 Å². The van der Waals surface area contributed by atoms with E-state index in [1.807, 2.05) is 11.9 Å². The Morgan fingerprint density at radius 1 is 1.40 bits per heavy atom. The predicted octanol–water partition coefficient (Wildman–Crippen LogP) is 2.19. The highest BCUT2D eigenvalue weighted by Gasteiger charge is 2.21. The van der Waals surface area contributed by atoms with Crippen molar-refractivity contribution >= 4 is 5.96 Å². The first-order valence-corrected chi connectivity index (χ1v) is 8.98. The van der Waals surface area contributed by atoms with Gasteiger partial charge in [-0.1, -0.05) is 26.0 Å². The van der Waals surface area contributed by atoms with E-state index >= 15 is 0 Å². The topological polar surface area (TPSA) is 40.1 Å². The van der Waals surface area contributed by atoms with Gasteiger partial charge in [-0.2, -0.15) is 0 Å². The van der Waals surface area contributed by atoms with E-state index < -0.39 is 0 Å². The highest BCUT2D eigenvalue weighted by Crippen LogP contribution is 2.08. The van der Waals surface area contributed by atoms with Gasteiger partial charge in [-0.25, -0.2) is 4.39 Å². The van der Waals surface area contributed by atoms with Gasteiger partial charge in [-0.05, 0) is 23.6 Å². The van der Waals surface area contributed by atoms with Crippen LogP contribution in [0.1, 0.15) is 19.4 Å². The van der Waals surface area contributed by atoms with Crippen LogP contribution in [-0.2, 0) is 11.3 Å². The summed E-state index contributed by atoms with van der Waals surface area (Å²) in [6.07, 6.45) is 0.170. The minimum Gasteiger partial charge on any atom is -0.374 e. The van der Waals surface area contributed by atoms with Gasteiger partial charge in [0.1, 0.15) is 5.82 Å². The molecule has 2 rings (SSSR count). The van der Waals surface area contributed by atoms with Gasteiger partial charge in [0, 0.05) is 46.8 Å². The first-order valence-electron chi connectivity index (χ1n) is 8.98. The molecular weight excluding hydrogens is 319 g/mol. The van der Waals surface area contributed by atoms with Crippen molar-refractivity contribution in [1.82, 2.24) is 15.1 Å². The highest BCUT2D eigenvalue weighted by molar-refractivity contribution is 5.79. The van der Waals surface area contributed by atoms with Crippen LogP contribution in [-0.4, -0.2) is 68.7 Å². The minimum atomic E-state index is -0.214. The molecule has 1 aromatic carbocycles. The molecule has 0 amide bonds. The van der Waals surface area contributed by atoms with Gasteiger partial charge in [-0.15, -0.1) is 0 Å². The van der Waals surface area contributed by atoms with Crippen molar-refractivity contribution < 1.29 is 9.13 Å². The fraction of sp³-hybridized carbons (Fsp3) is 0.632. The van der Waals surface area contributed by atoms with E-state index in [9.17, 15) is 4.39 Å². The zero-order valence-electron chi connectivity index (χ0n) is 15.8. The number of hydrogen-bond donors (Lipinski definition) is 1. The average molecular weight is 350 g/mol. The lowest BCUT2D eigenvalue weighted by Gasteiger charge is -2.34. The zero-order valence-corrected chi connectivity index (χ0v) is 15.8. The number of ether oxygens (including phenoxy) is 1. The van der Waals surface area contributed by atoms with Crippen LogP contribution >= 0.6 is 0 Å². The number of halogens is 1. The Hall–Kier alpha value is -1.66. The molecule has 1 saturated heterocycles. The molecule has 1 fully saturated rings. The number of nitrogens with zero attached hydrogens (tertiary/aromatic N) is 3. The van der Waals surface area contributed by atoms with Crippen molar-refractivity contribution in [1.29, 1.82) is 0 Å². The van der Waals surface area contributed by atoms with Crippen molar-refractivity contribution in [3.05, 3.63) is 35.6 Å². The summed E-state index contributed by atoms with van der Waals surface area (Å²) in [5, 5.41) is 3.39. The van der Waals surface area contributed by atoms with Crippen molar-refractivity contribution in [2.45, 2.75) is 26.5 Å². The zero-order chi connectivity index (χ0) is 18.2. The molecule has 6 heteroatoms. The molecule has 1 aromatic rings. The third-order valence-corrected chi connectivity index (χ3v) is 4.24. The Morgan fingerprint density at radius 3 is 2.76 bits per heavy atom. The Balaban J connectivity index is 1.81. The van der Waals surface area contributed by atoms with Gasteiger partial charge >= 0.3 is 0 Å². The van der Waals surface area contributed by atoms with E-state index in [2.05, 4.69) is 29.1 Å². The average Bonchev–Trinajstić information content (AvgIpc) is 2.57. The predicted molar refractivity (Wildman–Crippen MR) is 100 cm³/mol. The van der Waals surface area contributed by atoms with Crippen LogP contribution in [0.25, 0.3) is 0 Å². The van der Waals surface area contributed by atoms with Gasteiger partial charge < -0.3 is 15.0 Å². The van der Waals surface area contributed by atoms with E-state index in [0.29, 0.717) is 12.5 Å². The molecule has 1 aliphatic rings. The van der Waals surface area contributed by atoms with Gasteiger partial charge in [0.2, 0.25) is 0 Å². The minimum absolute atomic E-state index is 0.170. The second kappa shape index (κ2) is 9.73. The summed E-state index contributed by atoms with van der Waals surface area (Å²) in [7, 11) is 3.75. The Bertz CT molecular complexity index is 547. The molecule has 1 aliphatic heterocycles. The van der Waals surface area contributed by atoms with Crippen LogP contribution in [0.15, 0.2) is 29.3 Å². The maximum Gasteiger partial charge on any atom is 0.193 e. The van der Waals surface area contributed by atoms with E-state index in [0.717, 1.165) is 44.3 Å². The number of guanidine groups is 1. The number of rotatable bonds is 6. The molecule has 5 nitrogen and oxygen atoms in total. The van der Waals surface area contributed by atoms with Crippen molar-refractivity contribution in [2.75, 3.05) is 46.9 Å². The number of hydrogen-bond acceptors (Lipinski definition) is 3. The molecule has 1 atom stereocenters. The largest absolute Gasteiger partial charge is 0.374 e. The summed E-state index contributed by atoms with van der Waals surface area (Å²) in [4.78, 5) is 8.84. The van der Waals surface area contributed by atoms with Crippen LogP contribution in [0.4, 0.5) is 4.39 Å². The lowest BCUT2D eigenvalue weighted by Crippen LogP contribution is -2.50. The second-order valence-electron chi connectivity index (χ2n) is 7.06. The summed E-state index contributed by atoms with van der Waals surface area (Å²) in [6.45, 7) is 9.74. The van der Waals surface area contributed by atoms with Crippen LogP contribution in [0.3, 0.4) is 0 Å². The molecular formula is C19H31FN4O. The van der Waals surface area contributed by atoms with Gasteiger partial charge in [-0.3, -0.25) is 9.89 Å². The molecule has 1 unspecified atom stereocenters. The number of benzene rings is 1. The number of morpholine rings is 1. The smallest absolute Gasteiger partial charge is 0.193 e. The standard InChI is InChI=1S/C19H31FN4O/c1-15(2)12-24-9-10-25-18(14-24)11-22-19(21-3)23(4)13-16-5-7-17(20)8-6-16/h5-8,15,18H,9-14H2,1-4H3,(H,21,22). The third kappa shape index (κ3) is 6.63. The monoisotopic (exact) mass is 350 g/mol. The Labute approximate surface area is 150 Å². The van der Waals surface area contributed by atoms with Gasteiger partial charge in [0.25, 0.3) is 0 Å². The van der Waals surface area contributed by atoms with Gasteiger partial charge in [0.15, 0.2) is 5.96 Å². The summed E-state index contributed by atoms with van der Waals surface area (Å²) < 4.78 is 18.9. The number of nitrogens with one attached hydrogen (secondary N) is 1. The maximum absolute atomic E-state index is 13.0. The number of aliphatic imine (C=N–C) groups is 1. The highest BCUT2D eigenvalue weighted by atomic mass is 19.1. The van der Waals surface area contributed by atoms with Crippen LogP contribution < -0.4 is 5.32 Å². The SMILES string of the molecule is CN=C(NCC1CN(CC(C)C)CCO1)N(C)Cc1ccc(F)cc1. The molecule has 0 spiro atoms. The van der Waals surface area contributed by atoms with Crippen LogP contribution in [0.2, 0.25) is 0 Å². The normalized spacial score (nSPS) is 19.3. The fourth-order valence-electron chi connectivity index (χ4n) is 3.11. The van der Waals surface area contributed by atoms with E-state index in [1.54, 1.807) is 19.2 Å². The summed E-state index contributed by atoms with van der Waals surface area (Å²) in [5.74, 6) is 1.27. The van der Waals surface area contributed by atoms with Crippen molar-refractivity contribution in [3.8, 4) is 0 Å². The molecule has 0 aliphatic carbocycles. The van der Waals surface area contributed by atoms with Gasteiger partial charge in [0.05, 0.1) is 12.7 Å². The summed E-state index contributed by atoms with van der Waals surface area (Å²) in [5.41, 5.74) is 1.05. The summed E-state index contributed by atoms with van der Waals surface area (Å²) >= 11 is 0. The van der Waals surface area contributed by atoms with Crippen LogP contribution in [0.5, 0.6) is 0 Å². The van der Waals surface area contributed by atoms with Crippen molar-refractivity contribution in [2.24, 2.45) is 10.9 Å². The van der Waals surface area contributed by atoms with Crippen LogP contribution in [0, 0.1) is 11.7 Å². The lowest BCUT2D eigenvalue weighted by molar-refractivity contribution is -0.0286. The quantitative estimate of drug-likeness (QED) is 0.631. The molecule has 0 saturated carbocycles. The molecule has 0 radical (unpaired) electrons. The first-order chi connectivity index (χ1) is 12.0. The van der Waals surface area contributed by atoms with E-state index in [1.165, 1.54) is 12.1 Å². The first kappa shape index (κ1) is 19.7. The molecule has 25 heavy (non-hydrogen) atoms. The summed E-state index contributed by atoms with van der Waals surface area (Å²) in [6, 6.07) is 6.57. The molecule has 140 valence electrons. The molecule has 0 aromatic heterocycles. The maximum atomic E-state index is 13.0. The molecule has 0 bridgehead atoms. The molecule has 1 N–H and O–H groups in total.